The molecule has 1 N–H and O–H groups in total. The summed E-state index contributed by atoms with van der Waals surface area (Å²) < 4.78 is 5.26. The van der Waals surface area contributed by atoms with Crippen molar-refractivity contribution in [2.75, 3.05) is 13.1 Å². The fraction of sp³-hybridized carbons (Fsp3) is 0.818. The monoisotopic (exact) mass is 227 g/mol. The van der Waals surface area contributed by atoms with E-state index in [1.165, 1.54) is 0 Å². The Morgan fingerprint density at radius 1 is 1.44 bits per heavy atom. The van der Waals surface area contributed by atoms with E-state index in [2.05, 4.69) is 0 Å². The zero-order chi connectivity index (χ0) is 12.1. The molecule has 5 nitrogen and oxygen atoms in total. The Morgan fingerprint density at radius 2 is 2.06 bits per heavy atom. The van der Waals surface area contributed by atoms with E-state index in [9.17, 15) is 14.7 Å². The Bertz CT molecular complexity index is 346. The standard InChI is InChI=1S/C11H17NO4/c1-10(2,3)16-8(13)7-4-5-12-6-11(7,12)9(14)15/h7H,4-6H2,1-3H3,(H,14,15)/t7?,11-,12?/m0/s1. The van der Waals surface area contributed by atoms with Crippen LogP contribution in [0.3, 0.4) is 0 Å². The van der Waals surface area contributed by atoms with Crippen molar-refractivity contribution in [3.05, 3.63) is 0 Å². The topological polar surface area (TPSA) is 66.6 Å². The van der Waals surface area contributed by atoms with E-state index < -0.39 is 23.0 Å². The summed E-state index contributed by atoms with van der Waals surface area (Å²) in [6, 6.07) is 0. The highest BCUT2D eigenvalue weighted by atomic mass is 16.6. The minimum absolute atomic E-state index is 0.380. The lowest BCUT2D eigenvalue weighted by Crippen LogP contribution is -2.40. The number of aliphatic carboxylic acids is 1. The first-order chi connectivity index (χ1) is 7.27. The minimum Gasteiger partial charge on any atom is -0.480 e. The lowest BCUT2D eigenvalue weighted by Gasteiger charge is -2.24. The molecule has 90 valence electrons. The first-order valence-electron chi connectivity index (χ1n) is 5.49. The Balaban J connectivity index is 2.11. The van der Waals surface area contributed by atoms with Crippen LogP contribution in [-0.2, 0) is 14.3 Å². The lowest BCUT2D eigenvalue weighted by atomic mass is 9.91. The van der Waals surface area contributed by atoms with Crippen molar-refractivity contribution in [1.29, 1.82) is 0 Å². The van der Waals surface area contributed by atoms with E-state index in [-0.39, 0.29) is 5.97 Å². The van der Waals surface area contributed by atoms with Crippen molar-refractivity contribution in [1.82, 2.24) is 4.90 Å². The van der Waals surface area contributed by atoms with Gasteiger partial charge in [-0.25, -0.2) is 0 Å². The van der Waals surface area contributed by atoms with Crippen LogP contribution in [-0.4, -0.2) is 46.2 Å². The highest BCUT2D eigenvalue weighted by Crippen LogP contribution is 2.48. The van der Waals surface area contributed by atoms with Gasteiger partial charge in [-0.2, -0.15) is 0 Å². The Kier molecular flexibility index (Phi) is 2.28. The largest absolute Gasteiger partial charge is 0.480 e. The molecule has 2 aliphatic rings. The first-order valence-corrected chi connectivity index (χ1v) is 5.49. The van der Waals surface area contributed by atoms with Crippen LogP contribution in [0.5, 0.6) is 0 Å². The van der Waals surface area contributed by atoms with Gasteiger partial charge in [0.25, 0.3) is 0 Å². The van der Waals surface area contributed by atoms with Crippen LogP contribution in [0.4, 0.5) is 0 Å². The van der Waals surface area contributed by atoms with Crippen molar-refractivity contribution in [2.45, 2.75) is 38.3 Å². The highest BCUT2D eigenvalue weighted by Gasteiger charge is 2.69. The molecule has 0 radical (unpaired) electrons. The lowest BCUT2D eigenvalue weighted by molar-refractivity contribution is -0.164. The maximum Gasteiger partial charge on any atom is 0.326 e. The summed E-state index contributed by atoms with van der Waals surface area (Å²) in [7, 11) is 0. The number of esters is 1. The van der Waals surface area contributed by atoms with Gasteiger partial charge in [0.2, 0.25) is 0 Å². The zero-order valence-corrected chi connectivity index (χ0v) is 9.82. The number of carbonyl (C=O) groups is 2. The van der Waals surface area contributed by atoms with E-state index in [0.29, 0.717) is 19.5 Å². The van der Waals surface area contributed by atoms with Crippen LogP contribution < -0.4 is 0 Å². The summed E-state index contributed by atoms with van der Waals surface area (Å²) in [5, 5.41) is 9.18. The molecule has 0 amide bonds. The molecule has 2 unspecified atom stereocenters. The summed E-state index contributed by atoms with van der Waals surface area (Å²) in [5.74, 6) is -1.79. The Hall–Kier alpha value is -1.10. The van der Waals surface area contributed by atoms with Crippen LogP contribution in [0.2, 0.25) is 0 Å². The van der Waals surface area contributed by atoms with Gasteiger partial charge < -0.3 is 9.84 Å². The van der Waals surface area contributed by atoms with Crippen LogP contribution in [0.25, 0.3) is 0 Å². The van der Waals surface area contributed by atoms with Crippen molar-refractivity contribution in [2.24, 2.45) is 5.92 Å². The minimum atomic E-state index is -0.956. The molecule has 5 heteroatoms. The van der Waals surface area contributed by atoms with Crippen LogP contribution in [0.1, 0.15) is 27.2 Å². The molecule has 0 aromatic heterocycles. The normalized spacial score (nSPS) is 36.7. The third-order valence-corrected chi connectivity index (χ3v) is 3.22. The third-order valence-electron chi connectivity index (χ3n) is 3.22. The highest BCUT2D eigenvalue weighted by molar-refractivity contribution is 5.91. The number of carbonyl (C=O) groups excluding carboxylic acids is 1. The maximum atomic E-state index is 11.9. The van der Waals surface area contributed by atoms with E-state index in [1.54, 1.807) is 20.8 Å². The number of carboxylic acid groups (broad SMARTS) is 1. The number of ether oxygens (including phenoxy) is 1. The van der Waals surface area contributed by atoms with Gasteiger partial charge in [-0.05, 0) is 27.2 Å². The number of carboxylic acids is 1. The number of piperidine rings is 1. The van der Waals surface area contributed by atoms with Gasteiger partial charge >= 0.3 is 11.9 Å². The van der Waals surface area contributed by atoms with Gasteiger partial charge in [0.05, 0.1) is 5.92 Å². The molecule has 2 aliphatic heterocycles. The van der Waals surface area contributed by atoms with Crippen LogP contribution in [0.15, 0.2) is 0 Å². The predicted molar refractivity (Wildman–Crippen MR) is 55.9 cm³/mol. The maximum absolute atomic E-state index is 11.9. The fourth-order valence-electron chi connectivity index (χ4n) is 2.43. The second kappa shape index (κ2) is 3.20. The Labute approximate surface area is 94.4 Å². The van der Waals surface area contributed by atoms with E-state index in [1.807, 2.05) is 4.90 Å². The molecular weight excluding hydrogens is 210 g/mol. The number of rotatable bonds is 2. The first kappa shape index (κ1) is 11.4. The molecule has 2 fully saturated rings. The molecule has 0 bridgehead atoms. The molecular formula is C11H17NO4. The molecule has 2 heterocycles. The third kappa shape index (κ3) is 1.59. The number of nitrogens with zero attached hydrogens (tertiary/aromatic N) is 1. The van der Waals surface area contributed by atoms with Crippen molar-refractivity contribution < 1.29 is 19.4 Å². The van der Waals surface area contributed by atoms with Crippen LogP contribution in [0, 0.1) is 5.92 Å². The van der Waals surface area contributed by atoms with Crippen LogP contribution >= 0.6 is 0 Å². The quantitative estimate of drug-likeness (QED) is 0.549. The second-order valence-electron chi connectivity index (χ2n) is 5.53. The molecule has 0 spiro atoms. The van der Waals surface area contributed by atoms with Gasteiger partial charge in [-0.1, -0.05) is 0 Å². The number of hydrogen-bond acceptors (Lipinski definition) is 4. The summed E-state index contributed by atoms with van der Waals surface area (Å²) in [5.41, 5.74) is -1.51. The molecule has 2 saturated heterocycles. The number of fused-ring (bicyclic) bond motifs is 1. The van der Waals surface area contributed by atoms with Crippen molar-refractivity contribution >= 4 is 11.9 Å². The second-order valence-corrected chi connectivity index (χ2v) is 5.53. The predicted octanol–water partition coefficient (Wildman–Crippen LogP) is 0.487. The molecule has 0 aromatic carbocycles. The van der Waals surface area contributed by atoms with Gasteiger partial charge in [0.15, 0.2) is 0 Å². The van der Waals surface area contributed by atoms with E-state index in [0.717, 1.165) is 0 Å². The number of hydrogen-bond donors (Lipinski definition) is 1. The van der Waals surface area contributed by atoms with E-state index in [4.69, 9.17) is 4.74 Å². The summed E-state index contributed by atoms with van der Waals surface area (Å²) in [4.78, 5) is 24.9. The summed E-state index contributed by atoms with van der Waals surface area (Å²) >= 11 is 0. The summed E-state index contributed by atoms with van der Waals surface area (Å²) in [6.45, 7) is 6.52. The molecule has 0 aromatic rings. The smallest absolute Gasteiger partial charge is 0.326 e. The average Bonchev–Trinajstić information content (AvgIpc) is 2.70. The van der Waals surface area contributed by atoms with Gasteiger partial charge in [-0.15, -0.1) is 0 Å². The van der Waals surface area contributed by atoms with Crippen molar-refractivity contribution in [3.63, 3.8) is 0 Å². The average molecular weight is 227 g/mol. The molecule has 16 heavy (non-hydrogen) atoms. The van der Waals surface area contributed by atoms with Crippen molar-refractivity contribution in [3.8, 4) is 0 Å². The molecule has 2 rings (SSSR count). The molecule has 3 atom stereocenters. The van der Waals surface area contributed by atoms with Gasteiger partial charge in [-0.3, -0.25) is 14.5 Å². The SMILES string of the molecule is CC(C)(C)OC(=O)C1CCN2C[C@@]12C(=O)O. The molecule has 0 saturated carbocycles. The fourth-order valence-corrected chi connectivity index (χ4v) is 2.43. The van der Waals surface area contributed by atoms with E-state index >= 15 is 0 Å². The zero-order valence-electron chi connectivity index (χ0n) is 9.82. The van der Waals surface area contributed by atoms with Gasteiger partial charge in [0.1, 0.15) is 11.1 Å². The molecule has 0 aliphatic carbocycles. The summed E-state index contributed by atoms with van der Waals surface area (Å²) in [6.07, 6.45) is 0.585. The Morgan fingerprint density at radius 3 is 2.50 bits per heavy atom. The van der Waals surface area contributed by atoms with Gasteiger partial charge in [0, 0.05) is 13.1 Å².